The van der Waals surface area contributed by atoms with Crippen molar-refractivity contribution in [3.05, 3.63) is 34.3 Å². The zero-order valence-electron chi connectivity index (χ0n) is 13.6. The highest BCUT2D eigenvalue weighted by Gasteiger charge is 2.40. The minimum absolute atomic E-state index is 0.286. The molecular weight excluding hydrogens is 278 g/mol. The molecule has 1 unspecified atom stereocenters. The third-order valence-corrected chi connectivity index (χ3v) is 5.91. The van der Waals surface area contributed by atoms with E-state index in [0.717, 1.165) is 17.4 Å². The Hall–Kier alpha value is -0.530. The van der Waals surface area contributed by atoms with Crippen LogP contribution in [-0.2, 0) is 6.42 Å². The zero-order valence-corrected chi connectivity index (χ0v) is 14.3. The van der Waals surface area contributed by atoms with Crippen LogP contribution in [0.5, 0.6) is 0 Å². The summed E-state index contributed by atoms with van der Waals surface area (Å²) in [6, 6.07) is 7.57. The van der Waals surface area contributed by atoms with Gasteiger partial charge in [-0.05, 0) is 66.7 Å². The van der Waals surface area contributed by atoms with Crippen LogP contribution in [0, 0.1) is 11.3 Å². The van der Waals surface area contributed by atoms with Gasteiger partial charge in [-0.1, -0.05) is 44.9 Å². The molecule has 0 aliphatic heterocycles. The van der Waals surface area contributed by atoms with Crippen molar-refractivity contribution in [2.24, 2.45) is 11.3 Å². The van der Waals surface area contributed by atoms with Gasteiger partial charge >= 0.3 is 0 Å². The van der Waals surface area contributed by atoms with Crippen molar-refractivity contribution in [2.45, 2.75) is 71.4 Å². The summed E-state index contributed by atoms with van der Waals surface area (Å²) in [5.41, 5.74) is 3.20. The quantitative estimate of drug-likeness (QED) is 0.775. The molecule has 0 radical (unpaired) electrons. The molecule has 1 N–H and O–H groups in total. The van der Waals surface area contributed by atoms with E-state index in [0.29, 0.717) is 12.1 Å². The molecule has 0 amide bonds. The van der Waals surface area contributed by atoms with Gasteiger partial charge in [0.2, 0.25) is 0 Å². The van der Waals surface area contributed by atoms with Crippen molar-refractivity contribution in [3.63, 3.8) is 0 Å². The summed E-state index contributed by atoms with van der Waals surface area (Å²) in [7, 11) is 0. The fourth-order valence-corrected chi connectivity index (χ4v) is 4.48. The normalized spacial score (nSPS) is 31.1. The summed E-state index contributed by atoms with van der Waals surface area (Å²) in [5, 5.41) is 4.85. The minimum atomic E-state index is 0.286. The Kier molecular flexibility index (Phi) is 4.34. The van der Waals surface area contributed by atoms with Crippen LogP contribution in [-0.4, -0.2) is 6.04 Å². The van der Waals surface area contributed by atoms with Gasteiger partial charge in [-0.15, -0.1) is 0 Å². The Morgan fingerprint density at radius 2 is 1.90 bits per heavy atom. The fraction of sp³-hybridized carbons (Fsp3) is 0.684. The van der Waals surface area contributed by atoms with Crippen molar-refractivity contribution in [2.75, 3.05) is 0 Å². The highest BCUT2D eigenvalue weighted by molar-refractivity contribution is 6.30. The molecular formula is C19H28ClN. The van der Waals surface area contributed by atoms with E-state index in [1.807, 2.05) is 6.07 Å². The molecule has 0 saturated heterocycles. The topological polar surface area (TPSA) is 12.0 Å². The lowest BCUT2D eigenvalue weighted by molar-refractivity contribution is 0.206. The third-order valence-electron chi connectivity index (χ3n) is 5.67. The molecule has 116 valence electrons. The van der Waals surface area contributed by atoms with Gasteiger partial charge < -0.3 is 5.32 Å². The third kappa shape index (κ3) is 3.14. The van der Waals surface area contributed by atoms with Crippen LogP contribution in [0.3, 0.4) is 0 Å². The molecule has 0 aromatic heterocycles. The van der Waals surface area contributed by atoms with Crippen molar-refractivity contribution < 1.29 is 0 Å². The molecule has 2 heteroatoms. The molecule has 21 heavy (non-hydrogen) atoms. The fourth-order valence-electron chi connectivity index (χ4n) is 4.30. The van der Waals surface area contributed by atoms with Crippen molar-refractivity contribution >= 4 is 11.6 Å². The second-order valence-electron chi connectivity index (χ2n) is 7.73. The SMILES string of the molecule is CCC1CCC(NC2c3cc(Cl)ccc3CC2(C)C)CC1. The summed E-state index contributed by atoms with van der Waals surface area (Å²) in [5.74, 6) is 0.960. The first-order valence-electron chi connectivity index (χ1n) is 8.54. The molecule has 2 aliphatic rings. The average molecular weight is 306 g/mol. The van der Waals surface area contributed by atoms with Crippen LogP contribution in [0.15, 0.2) is 18.2 Å². The maximum absolute atomic E-state index is 6.23. The Labute approximate surface area is 134 Å². The number of hydrogen-bond donors (Lipinski definition) is 1. The van der Waals surface area contributed by atoms with Crippen molar-refractivity contribution in [1.29, 1.82) is 0 Å². The van der Waals surface area contributed by atoms with E-state index in [9.17, 15) is 0 Å². The molecule has 1 aromatic rings. The number of benzene rings is 1. The maximum Gasteiger partial charge on any atom is 0.0409 e. The summed E-state index contributed by atoms with van der Waals surface area (Å²) < 4.78 is 0. The van der Waals surface area contributed by atoms with E-state index in [1.54, 1.807) is 0 Å². The van der Waals surface area contributed by atoms with Gasteiger partial charge in [-0.2, -0.15) is 0 Å². The molecule has 1 fully saturated rings. The van der Waals surface area contributed by atoms with E-state index < -0.39 is 0 Å². The molecule has 1 atom stereocenters. The van der Waals surface area contributed by atoms with Gasteiger partial charge in [0, 0.05) is 17.1 Å². The Bertz CT molecular complexity index is 500. The molecule has 0 bridgehead atoms. The van der Waals surface area contributed by atoms with Crippen LogP contribution >= 0.6 is 11.6 Å². The Morgan fingerprint density at radius 1 is 1.19 bits per heavy atom. The number of nitrogens with one attached hydrogen (secondary N) is 1. The van der Waals surface area contributed by atoms with Crippen LogP contribution < -0.4 is 5.32 Å². The minimum Gasteiger partial charge on any atom is -0.307 e. The maximum atomic E-state index is 6.23. The van der Waals surface area contributed by atoms with Crippen LogP contribution in [0.25, 0.3) is 0 Å². The Balaban J connectivity index is 1.74. The van der Waals surface area contributed by atoms with Crippen LogP contribution in [0.4, 0.5) is 0 Å². The highest BCUT2D eigenvalue weighted by Crippen LogP contribution is 2.46. The molecule has 0 heterocycles. The van der Waals surface area contributed by atoms with Crippen LogP contribution in [0.2, 0.25) is 5.02 Å². The van der Waals surface area contributed by atoms with Crippen molar-refractivity contribution in [1.82, 2.24) is 5.32 Å². The second kappa shape index (κ2) is 5.93. The van der Waals surface area contributed by atoms with E-state index in [2.05, 4.69) is 38.2 Å². The number of halogens is 1. The number of rotatable bonds is 3. The van der Waals surface area contributed by atoms with E-state index in [4.69, 9.17) is 11.6 Å². The van der Waals surface area contributed by atoms with Gasteiger partial charge in [0.15, 0.2) is 0 Å². The highest BCUT2D eigenvalue weighted by atomic mass is 35.5. The Morgan fingerprint density at radius 3 is 2.57 bits per heavy atom. The van der Waals surface area contributed by atoms with Gasteiger partial charge in [0.1, 0.15) is 0 Å². The summed E-state index contributed by atoms with van der Waals surface area (Å²) in [6.07, 6.45) is 7.96. The predicted octanol–water partition coefficient (Wildman–Crippen LogP) is 5.52. The first-order valence-corrected chi connectivity index (χ1v) is 8.92. The molecule has 1 nitrogen and oxygen atoms in total. The van der Waals surface area contributed by atoms with Gasteiger partial charge in [-0.3, -0.25) is 0 Å². The molecule has 2 aliphatic carbocycles. The van der Waals surface area contributed by atoms with Gasteiger partial charge in [0.25, 0.3) is 0 Å². The van der Waals surface area contributed by atoms with Gasteiger partial charge in [-0.25, -0.2) is 0 Å². The van der Waals surface area contributed by atoms with E-state index >= 15 is 0 Å². The van der Waals surface area contributed by atoms with Gasteiger partial charge in [0.05, 0.1) is 0 Å². The smallest absolute Gasteiger partial charge is 0.0409 e. The second-order valence-corrected chi connectivity index (χ2v) is 8.17. The first-order chi connectivity index (χ1) is 9.99. The monoisotopic (exact) mass is 305 g/mol. The standard InChI is InChI=1S/C19H28ClN/c1-4-13-5-9-16(10-6-13)21-18-17-11-15(20)8-7-14(17)12-19(18,2)3/h7-8,11,13,16,18,21H,4-6,9-10,12H2,1-3H3. The lowest BCUT2D eigenvalue weighted by atomic mass is 9.81. The summed E-state index contributed by atoms with van der Waals surface area (Å²) in [6.45, 7) is 7.10. The lowest BCUT2D eigenvalue weighted by Gasteiger charge is -2.36. The first kappa shape index (κ1) is 15.4. The summed E-state index contributed by atoms with van der Waals surface area (Å²) >= 11 is 6.23. The number of fused-ring (bicyclic) bond motifs is 1. The van der Waals surface area contributed by atoms with E-state index in [-0.39, 0.29) is 5.41 Å². The lowest BCUT2D eigenvalue weighted by Crippen LogP contribution is -2.40. The average Bonchev–Trinajstić information content (AvgIpc) is 2.71. The molecule has 0 spiro atoms. The number of hydrogen-bond acceptors (Lipinski definition) is 1. The predicted molar refractivity (Wildman–Crippen MR) is 90.9 cm³/mol. The molecule has 1 aromatic carbocycles. The molecule has 3 rings (SSSR count). The summed E-state index contributed by atoms with van der Waals surface area (Å²) in [4.78, 5) is 0. The van der Waals surface area contributed by atoms with Crippen LogP contribution in [0.1, 0.15) is 70.0 Å². The zero-order chi connectivity index (χ0) is 15.0. The van der Waals surface area contributed by atoms with Crippen molar-refractivity contribution in [3.8, 4) is 0 Å². The van der Waals surface area contributed by atoms with E-state index in [1.165, 1.54) is 43.2 Å². The molecule has 1 saturated carbocycles. The largest absolute Gasteiger partial charge is 0.307 e.